The van der Waals surface area contributed by atoms with E-state index in [0.717, 1.165) is 30.9 Å². The Kier molecular flexibility index (Phi) is 8.27. The van der Waals surface area contributed by atoms with Crippen LogP contribution in [0.2, 0.25) is 0 Å². The van der Waals surface area contributed by atoms with E-state index < -0.39 is 0 Å². The number of hydrogen-bond acceptors (Lipinski definition) is 5. The van der Waals surface area contributed by atoms with Gasteiger partial charge in [0.15, 0.2) is 0 Å². The third-order valence-electron chi connectivity index (χ3n) is 7.48. The van der Waals surface area contributed by atoms with Gasteiger partial charge in [-0.05, 0) is 67.8 Å². The van der Waals surface area contributed by atoms with Gasteiger partial charge in [0.1, 0.15) is 0 Å². The number of nitriles is 1. The van der Waals surface area contributed by atoms with E-state index >= 15 is 0 Å². The van der Waals surface area contributed by atoms with Crippen LogP contribution in [0.4, 0.5) is 5.69 Å². The summed E-state index contributed by atoms with van der Waals surface area (Å²) in [6.45, 7) is 9.30. The van der Waals surface area contributed by atoms with Crippen molar-refractivity contribution in [2.75, 3.05) is 44.7 Å². The third-order valence-corrected chi connectivity index (χ3v) is 7.48. The summed E-state index contributed by atoms with van der Waals surface area (Å²) in [5.74, 6) is -0.0835. The van der Waals surface area contributed by atoms with E-state index in [4.69, 9.17) is 5.26 Å². The fourth-order valence-electron chi connectivity index (χ4n) is 5.15. The van der Waals surface area contributed by atoms with Crippen molar-refractivity contribution in [3.63, 3.8) is 0 Å². The maximum atomic E-state index is 12.8. The second-order valence-corrected chi connectivity index (χ2v) is 9.98. The molecule has 0 unspecified atom stereocenters. The zero-order valence-corrected chi connectivity index (χ0v) is 22.2. The first-order valence-electron chi connectivity index (χ1n) is 12.9. The summed E-state index contributed by atoms with van der Waals surface area (Å²) in [5.41, 5.74) is 7.23. The van der Waals surface area contributed by atoms with Crippen molar-refractivity contribution >= 4 is 11.6 Å². The number of amides is 1. The van der Waals surface area contributed by atoms with Gasteiger partial charge in [-0.15, -0.1) is 0 Å². The fraction of sp³-hybridized carbons (Fsp3) is 0.355. The SMILES string of the molecule is Cc1ccc([C@@H]2CN([C@H](C)c3ccc(C#N)cc3)CCN2c2ccc(C(=O)N(C)CCO)cc2C)cc1. The molecule has 192 valence electrons. The standard InChI is InChI=1S/C31H36N4O2/c1-22-5-9-27(10-6-22)30-21-34(24(3)26-11-7-25(20-32)8-12-26)15-16-35(30)29-14-13-28(19-23(29)2)31(37)33(4)17-18-36/h5-14,19,24,30,36H,15-18,21H2,1-4H3/t24-,30+/m1/s1. The van der Waals surface area contributed by atoms with Crippen LogP contribution in [0, 0.1) is 25.2 Å². The molecule has 1 fully saturated rings. The van der Waals surface area contributed by atoms with Gasteiger partial charge < -0.3 is 14.9 Å². The van der Waals surface area contributed by atoms with Crippen molar-refractivity contribution in [3.05, 3.63) is 100 Å². The van der Waals surface area contributed by atoms with Gasteiger partial charge in [-0.1, -0.05) is 42.0 Å². The Bertz CT molecular complexity index is 1260. The Morgan fingerprint density at radius 1 is 1.08 bits per heavy atom. The maximum absolute atomic E-state index is 12.8. The quantitative estimate of drug-likeness (QED) is 0.506. The number of rotatable bonds is 7. The number of aliphatic hydroxyl groups excluding tert-OH is 1. The van der Waals surface area contributed by atoms with Crippen molar-refractivity contribution in [2.45, 2.75) is 32.9 Å². The highest BCUT2D eigenvalue weighted by atomic mass is 16.3. The predicted octanol–water partition coefficient (Wildman–Crippen LogP) is 4.86. The highest BCUT2D eigenvalue weighted by Crippen LogP contribution is 2.36. The van der Waals surface area contributed by atoms with Crippen LogP contribution in [0.25, 0.3) is 0 Å². The van der Waals surface area contributed by atoms with E-state index in [-0.39, 0.29) is 24.6 Å². The molecule has 3 aromatic rings. The second kappa shape index (κ2) is 11.6. The van der Waals surface area contributed by atoms with Crippen LogP contribution in [0.1, 0.15) is 57.2 Å². The van der Waals surface area contributed by atoms with Gasteiger partial charge in [0.05, 0.1) is 24.3 Å². The molecule has 4 rings (SSSR count). The number of carbonyl (C=O) groups excluding carboxylic acids is 1. The normalized spacial score (nSPS) is 16.8. The summed E-state index contributed by atoms with van der Waals surface area (Å²) in [5, 5.41) is 18.4. The summed E-state index contributed by atoms with van der Waals surface area (Å²) < 4.78 is 0. The number of aryl methyl sites for hydroxylation is 2. The summed E-state index contributed by atoms with van der Waals surface area (Å²) in [6, 6.07) is 25.2. The minimum absolute atomic E-state index is 0.0529. The number of hydrogen-bond donors (Lipinski definition) is 1. The molecule has 3 aromatic carbocycles. The second-order valence-electron chi connectivity index (χ2n) is 9.98. The molecular weight excluding hydrogens is 460 g/mol. The Hall–Kier alpha value is -3.66. The molecule has 0 bridgehead atoms. The molecule has 6 heteroatoms. The van der Waals surface area contributed by atoms with Crippen molar-refractivity contribution in [3.8, 4) is 6.07 Å². The van der Waals surface area contributed by atoms with Gasteiger partial charge in [-0.3, -0.25) is 9.69 Å². The average molecular weight is 497 g/mol. The van der Waals surface area contributed by atoms with Crippen LogP contribution in [0.3, 0.4) is 0 Å². The Morgan fingerprint density at radius 2 is 1.78 bits per heavy atom. The van der Waals surface area contributed by atoms with Crippen molar-refractivity contribution < 1.29 is 9.90 Å². The largest absolute Gasteiger partial charge is 0.395 e. The van der Waals surface area contributed by atoms with Crippen molar-refractivity contribution in [1.82, 2.24) is 9.80 Å². The van der Waals surface area contributed by atoms with Crippen LogP contribution in [-0.2, 0) is 0 Å². The van der Waals surface area contributed by atoms with Gasteiger partial charge in [0, 0.05) is 50.5 Å². The van der Waals surface area contributed by atoms with Crippen molar-refractivity contribution in [1.29, 1.82) is 5.26 Å². The minimum atomic E-state index is -0.0835. The van der Waals surface area contributed by atoms with Crippen LogP contribution >= 0.6 is 0 Å². The summed E-state index contributed by atoms with van der Waals surface area (Å²) in [4.78, 5) is 19.3. The molecule has 0 aromatic heterocycles. The van der Waals surface area contributed by atoms with Crippen molar-refractivity contribution in [2.24, 2.45) is 0 Å². The topological polar surface area (TPSA) is 70.8 Å². The van der Waals surface area contributed by atoms with E-state index in [9.17, 15) is 9.90 Å². The molecule has 6 nitrogen and oxygen atoms in total. The van der Waals surface area contributed by atoms with Crippen LogP contribution in [-0.4, -0.2) is 60.6 Å². The molecule has 37 heavy (non-hydrogen) atoms. The number of likely N-dealkylation sites (N-methyl/N-ethyl adjacent to an activating group) is 1. The summed E-state index contributed by atoms with van der Waals surface area (Å²) >= 11 is 0. The Balaban J connectivity index is 1.62. The van der Waals surface area contributed by atoms with E-state index in [1.54, 1.807) is 11.9 Å². The van der Waals surface area contributed by atoms with E-state index in [0.29, 0.717) is 17.7 Å². The molecule has 0 saturated carbocycles. The molecule has 0 aliphatic carbocycles. The number of carbonyl (C=O) groups is 1. The first kappa shape index (κ1) is 26.4. The summed E-state index contributed by atoms with van der Waals surface area (Å²) in [7, 11) is 1.71. The van der Waals surface area contributed by atoms with Gasteiger partial charge in [0.2, 0.25) is 0 Å². The number of piperazine rings is 1. The minimum Gasteiger partial charge on any atom is -0.395 e. The molecule has 1 amide bonds. The van der Waals surface area contributed by atoms with E-state index in [1.807, 2.05) is 24.3 Å². The lowest BCUT2D eigenvalue weighted by Crippen LogP contribution is -2.49. The van der Waals surface area contributed by atoms with Gasteiger partial charge in [-0.25, -0.2) is 0 Å². The Labute approximate surface area is 220 Å². The van der Waals surface area contributed by atoms with Crippen LogP contribution < -0.4 is 4.90 Å². The zero-order chi connectivity index (χ0) is 26.5. The molecule has 0 radical (unpaired) electrons. The van der Waals surface area contributed by atoms with E-state index in [1.165, 1.54) is 16.7 Å². The smallest absolute Gasteiger partial charge is 0.253 e. The van der Waals surface area contributed by atoms with Gasteiger partial charge in [-0.2, -0.15) is 5.26 Å². The zero-order valence-electron chi connectivity index (χ0n) is 22.2. The van der Waals surface area contributed by atoms with Crippen LogP contribution in [0.15, 0.2) is 66.7 Å². The number of nitrogens with zero attached hydrogens (tertiary/aromatic N) is 4. The molecular formula is C31H36N4O2. The lowest BCUT2D eigenvalue weighted by Gasteiger charge is -2.46. The highest BCUT2D eigenvalue weighted by molar-refractivity contribution is 5.94. The Morgan fingerprint density at radius 3 is 2.41 bits per heavy atom. The first-order valence-corrected chi connectivity index (χ1v) is 12.9. The monoisotopic (exact) mass is 496 g/mol. The lowest BCUT2D eigenvalue weighted by atomic mass is 9.96. The first-order chi connectivity index (χ1) is 17.8. The average Bonchev–Trinajstić information content (AvgIpc) is 2.92. The predicted molar refractivity (Wildman–Crippen MR) is 148 cm³/mol. The molecule has 1 N–H and O–H groups in total. The fourth-order valence-corrected chi connectivity index (χ4v) is 5.15. The molecule has 1 aliphatic rings. The summed E-state index contributed by atoms with van der Waals surface area (Å²) in [6.07, 6.45) is 0. The van der Waals surface area contributed by atoms with Gasteiger partial charge in [0.25, 0.3) is 5.91 Å². The molecule has 2 atom stereocenters. The number of benzene rings is 3. The third kappa shape index (κ3) is 5.85. The molecule has 0 spiro atoms. The lowest BCUT2D eigenvalue weighted by molar-refractivity contribution is 0.0767. The molecule has 1 aliphatic heterocycles. The van der Waals surface area contributed by atoms with Gasteiger partial charge >= 0.3 is 0 Å². The molecule has 1 heterocycles. The number of aliphatic hydroxyl groups is 1. The highest BCUT2D eigenvalue weighted by Gasteiger charge is 2.32. The maximum Gasteiger partial charge on any atom is 0.253 e. The van der Waals surface area contributed by atoms with Crippen LogP contribution in [0.5, 0.6) is 0 Å². The van der Waals surface area contributed by atoms with E-state index in [2.05, 4.69) is 79.1 Å². The molecule has 1 saturated heterocycles. The number of anilines is 1.